The van der Waals surface area contributed by atoms with Gasteiger partial charge in [0, 0.05) is 31.1 Å². The highest BCUT2D eigenvalue weighted by molar-refractivity contribution is 7.13. The summed E-state index contributed by atoms with van der Waals surface area (Å²) in [5, 5.41) is 15.2. The van der Waals surface area contributed by atoms with Gasteiger partial charge in [-0.2, -0.15) is 0 Å². The fourth-order valence-corrected chi connectivity index (χ4v) is 2.46. The largest absolute Gasteiger partial charge is 0.333 e. The highest BCUT2D eigenvalue weighted by Gasteiger charge is 2.29. The molecule has 7 heteroatoms. The van der Waals surface area contributed by atoms with Gasteiger partial charge in [0.2, 0.25) is 0 Å². The van der Waals surface area contributed by atoms with E-state index in [-0.39, 0.29) is 17.0 Å². The SMILES string of the molecule is CCN(C(=O)c1csc([N+](=O)[O-])c1)C1CNC1. The second-order valence-corrected chi connectivity index (χ2v) is 4.72. The molecule has 0 unspecified atom stereocenters. The molecule has 92 valence electrons. The Hall–Kier alpha value is -1.47. The van der Waals surface area contributed by atoms with Crippen LogP contribution in [0.4, 0.5) is 5.00 Å². The first-order valence-corrected chi connectivity index (χ1v) is 6.26. The molecule has 1 N–H and O–H groups in total. The zero-order valence-electron chi connectivity index (χ0n) is 9.38. The lowest BCUT2D eigenvalue weighted by Crippen LogP contribution is -2.58. The third kappa shape index (κ3) is 2.29. The number of thiophene rings is 1. The summed E-state index contributed by atoms with van der Waals surface area (Å²) in [6.45, 7) is 4.13. The summed E-state index contributed by atoms with van der Waals surface area (Å²) in [6, 6.07) is 1.56. The average Bonchev–Trinajstić information content (AvgIpc) is 2.71. The van der Waals surface area contributed by atoms with E-state index in [0.717, 1.165) is 24.4 Å². The number of nitrogens with one attached hydrogen (secondary N) is 1. The van der Waals surface area contributed by atoms with E-state index in [1.807, 2.05) is 6.92 Å². The van der Waals surface area contributed by atoms with Crippen molar-refractivity contribution in [2.75, 3.05) is 19.6 Å². The van der Waals surface area contributed by atoms with Gasteiger partial charge < -0.3 is 10.2 Å². The monoisotopic (exact) mass is 255 g/mol. The maximum absolute atomic E-state index is 12.1. The number of hydrogen-bond donors (Lipinski definition) is 1. The van der Waals surface area contributed by atoms with Crippen molar-refractivity contribution in [2.24, 2.45) is 0 Å². The minimum absolute atomic E-state index is 0.0103. The third-order valence-electron chi connectivity index (χ3n) is 2.81. The Bertz CT molecular complexity index is 442. The fourth-order valence-electron chi connectivity index (χ4n) is 1.76. The van der Waals surface area contributed by atoms with E-state index in [4.69, 9.17) is 0 Å². The van der Waals surface area contributed by atoms with Crippen molar-refractivity contribution in [1.29, 1.82) is 0 Å². The number of carbonyl (C=O) groups excluding carboxylic acids is 1. The van der Waals surface area contributed by atoms with Crippen molar-refractivity contribution < 1.29 is 9.72 Å². The molecule has 1 aliphatic heterocycles. The Labute approximate surface area is 102 Å². The van der Waals surface area contributed by atoms with E-state index in [1.165, 1.54) is 6.07 Å². The van der Waals surface area contributed by atoms with Gasteiger partial charge in [0.25, 0.3) is 5.91 Å². The summed E-state index contributed by atoms with van der Waals surface area (Å²) < 4.78 is 0. The molecule has 0 radical (unpaired) electrons. The van der Waals surface area contributed by atoms with Crippen LogP contribution in [0.3, 0.4) is 0 Å². The number of carbonyl (C=O) groups is 1. The zero-order valence-corrected chi connectivity index (χ0v) is 10.2. The summed E-state index contributed by atoms with van der Waals surface area (Å²) >= 11 is 0.989. The molecular formula is C10H13N3O3S. The molecule has 0 spiro atoms. The quantitative estimate of drug-likeness (QED) is 0.645. The predicted molar refractivity (Wildman–Crippen MR) is 64.3 cm³/mol. The smallest absolute Gasteiger partial charge is 0.324 e. The van der Waals surface area contributed by atoms with Gasteiger partial charge in [-0.05, 0) is 6.92 Å². The van der Waals surface area contributed by atoms with Crippen LogP contribution in [0, 0.1) is 10.1 Å². The normalized spacial score (nSPS) is 15.4. The van der Waals surface area contributed by atoms with Crippen LogP contribution in [0.1, 0.15) is 17.3 Å². The van der Waals surface area contributed by atoms with E-state index in [9.17, 15) is 14.9 Å². The maximum Gasteiger partial charge on any atom is 0.324 e. The number of hydrogen-bond acceptors (Lipinski definition) is 5. The van der Waals surface area contributed by atoms with E-state index in [2.05, 4.69) is 5.32 Å². The molecule has 0 aromatic carbocycles. The molecule has 1 fully saturated rings. The van der Waals surface area contributed by atoms with Crippen LogP contribution < -0.4 is 5.32 Å². The third-order valence-corrected chi connectivity index (χ3v) is 3.69. The van der Waals surface area contributed by atoms with Crippen LogP contribution in [0.5, 0.6) is 0 Å². The van der Waals surface area contributed by atoms with Crippen molar-refractivity contribution in [3.05, 3.63) is 27.1 Å². The molecule has 1 saturated heterocycles. The molecule has 1 aliphatic rings. The Balaban J connectivity index is 2.13. The van der Waals surface area contributed by atoms with Crippen LogP contribution >= 0.6 is 11.3 Å². The van der Waals surface area contributed by atoms with Gasteiger partial charge >= 0.3 is 5.00 Å². The van der Waals surface area contributed by atoms with Crippen molar-refractivity contribution >= 4 is 22.2 Å². The summed E-state index contributed by atoms with van der Waals surface area (Å²) in [5.74, 6) is -0.122. The van der Waals surface area contributed by atoms with Crippen LogP contribution in [-0.4, -0.2) is 41.4 Å². The number of nitrogens with zero attached hydrogens (tertiary/aromatic N) is 2. The molecule has 0 aliphatic carbocycles. The summed E-state index contributed by atoms with van der Waals surface area (Å²) in [5.41, 5.74) is 0.412. The topological polar surface area (TPSA) is 75.5 Å². The van der Waals surface area contributed by atoms with Crippen molar-refractivity contribution in [1.82, 2.24) is 10.2 Å². The van der Waals surface area contributed by atoms with Crippen LogP contribution in [0.15, 0.2) is 11.4 Å². The van der Waals surface area contributed by atoms with Crippen LogP contribution in [0.2, 0.25) is 0 Å². The number of amides is 1. The fraction of sp³-hybridized carbons (Fsp3) is 0.500. The lowest BCUT2D eigenvalue weighted by Gasteiger charge is -2.37. The van der Waals surface area contributed by atoms with Crippen molar-refractivity contribution in [3.63, 3.8) is 0 Å². The molecule has 1 aromatic rings. The van der Waals surface area contributed by atoms with Crippen LogP contribution in [0.25, 0.3) is 0 Å². The van der Waals surface area contributed by atoms with Gasteiger partial charge in [0.15, 0.2) is 0 Å². The van der Waals surface area contributed by atoms with E-state index in [0.29, 0.717) is 12.1 Å². The van der Waals surface area contributed by atoms with Gasteiger partial charge in [-0.25, -0.2) is 0 Å². The van der Waals surface area contributed by atoms with Crippen molar-refractivity contribution in [3.8, 4) is 0 Å². The Kier molecular flexibility index (Phi) is 3.39. The standard InChI is InChI=1S/C10H13N3O3S/c1-2-12(8-4-11-5-8)10(14)7-3-9(13(15)16)17-6-7/h3,6,8,11H,2,4-5H2,1H3. The Morgan fingerprint density at radius 1 is 1.71 bits per heavy atom. The lowest BCUT2D eigenvalue weighted by molar-refractivity contribution is -0.380. The maximum atomic E-state index is 12.1. The van der Waals surface area contributed by atoms with Gasteiger partial charge in [0.05, 0.1) is 16.5 Å². The first kappa shape index (κ1) is 12.0. The minimum atomic E-state index is -0.470. The van der Waals surface area contributed by atoms with E-state index >= 15 is 0 Å². The highest BCUT2D eigenvalue weighted by Crippen LogP contribution is 2.24. The molecular weight excluding hydrogens is 242 g/mol. The average molecular weight is 255 g/mol. The number of rotatable bonds is 4. The molecule has 6 nitrogen and oxygen atoms in total. The first-order chi connectivity index (χ1) is 8.13. The second-order valence-electron chi connectivity index (χ2n) is 3.83. The molecule has 1 amide bonds. The lowest BCUT2D eigenvalue weighted by atomic mass is 10.1. The van der Waals surface area contributed by atoms with Crippen LogP contribution in [-0.2, 0) is 0 Å². The summed E-state index contributed by atoms with van der Waals surface area (Å²) in [7, 11) is 0. The predicted octanol–water partition coefficient (Wildman–Crippen LogP) is 1.09. The summed E-state index contributed by atoms with van der Waals surface area (Å²) in [6.07, 6.45) is 0. The molecule has 2 heterocycles. The van der Waals surface area contributed by atoms with Gasteiger partial charge in [-0.15, -0.1) is 0 Å². The highest BCUT2D eigenvalue weighted by atomic mass is 32.1. The molecule has 0 saturated carbocycles. The van der Waals surface area contributed by atoms with E-state index in [1.54, 1.807) is 10.3 Å². The van der Waals surface area contributed by atoms with Crippen molar-refractivity contribution in [2.45, 2.75) is 13.0 Å². The molecule has 17 heavy (non-hydrogen) atoms. The number of nitro groups is 1. The molecule has 1 aromatic heterocycles. The molecule has 0 bridgehead atoms. The second kappa shape index (κ2) is 4.80. The molecule has 2 rings (SSSR count). The van der Waals surface area contributed by atoms with Gasteiger partial charge in [-0.3, -0.25) is 14.9 Å². The molecule has 0 atom stereocenters. The zero-order chi connectivity index (χ0) is 12.4. The minimum Gasteiger partial charge on any atom is -0.333 e. The first-order valence-electron chi connectivity index (χ1n) is 5.38. The summed E-state index contributed by atoms with van der Waals surface area (Å²) in [4.78, 5) is 24.0. The Morgan fingerprint density at radius 2 is 2.41 bits per heavy atom. The number of likely N-dealkylation sites (N-methyl/N-ethyl adjacent to an activating group) is 1. The van der Waals surface area contributed by atoms with Gasteiger partial charge in [-0.1, -0.05) is 11.3 Å². The van der Waals surface area contributed by atoms with E-state index < -0.39 is 4.92 Å². The van der Waals surface area contributed by atoms with Gasteiger partial charge in [0.1, 0.15) is 0 Å². The Morgan fingerprint density at radius 3 is 2.82 bits per heavy atom.